The number of rotatable bonds is 7. The third-order valence-electron chi connectivity index (χ3n) is 4.85. The summed E-state index contributed by atoms with van der Waals surface area (Å²) in [5.41, 5.74) is 1.97. The first kappa shape index (κ1) is 20.9. The highest BCUT2D eigenvalue weighted by Crippen LogP contribution is 2.29. The summed E-state index contributed by atoms with van der Waals surface area (Å²) in [7, 11) is -0.903. The van der Waals surface area contributed by atoms with Gasteiger partial charge in [-0.25, -0.2) is 9.37 Å². The molecule has 0 amide bonds. The molecule has 0 saturated heterocycles. The van der Waals surface area contributed by atoms with Crippen LogP contribution in [-0.2, 0) is 10.8 Å². The Hall–Kier alpha value is -1.86. The predicted octanol–water partition coefficient (Wildman–Crippen LogP) is 5.43. The quantitative estimate of drug-likeness (QED) is 0.519. The number of carbonyl (C=O) groups excluding carboxylic acids is 1. The first-order valence-corrected chi connectivity index (χ1v) is 11.6. The molecule has 0 unspecified atom stereocenters. The van der Waals surface area contributed by atoms with Gasteiger partial charge >= 0.3 is 0 Å². The van der Waals surface area contributed by atoms with E-state index in [2.05, 4.69) is 16.9 Å². The minimum atomic E-state index is -0.903. The van der Waals surface area contributed by atoms with Crippen LogP contribution in [0.2, 0.25) is 0 Å². The minimum Gasteiger partial charge on any atom is -0.360 e. The van der Waals surface area contributed by atoms with Gasteiger partial charge in [-0.1, -0.05) is 6.92 Å². The second kappa shape index (κ2) is 8.25. The number of thiazole rings is 1. The van der Waals surface area contributed by atoms with E-state index >= 15 is 0 Å². The van der Waals surface area contributed by atoms with Gasteiger partial charge in [-0.3, -0.25) is 9.00 Å². The van der Waals surface area contributed by atoms with Crippen LogP contribution in [0.15, 0.2) is 29.8 Å². The fraction of sp³-hybridized carbons (Fsp3) is 0.429. The number of nitrogens with zero attached hydrogens (tertiary/aromatic N) is 1. The molecule has 0 radical (unpaired) electrons. The molecule has 0 spiro atoms. The van der Waals surface area contributed by atoms with E-state index < -0.39 is 10.8 Å². The molecule has 0 aliphatic heterocycles. The summed E-state index contributed by atoms with van der Waals surface area (Å²) in [5.74, 6) is 0.295. The van der Waals surface area contributed by atoms with Crippen molar-refractivity contribution in [2.75, 3.05) is 5.75 Å². The van der Waals surface area contributed by atoms with Gasteiger partial charge in [0.25, 0.3) is 0 Å². The number of halogens is 1. The summed E-state index contributed by atoms with van der Waals surface area (Å²) in [5, 5.41) is 3.04. The first-order chi connectivity index (χ1) is 13.2. The summed E-state index contributed by atoms with van der Waals surface area (Å²) in [6.07, 6.45) is 3.27. The average molecular weight is 421 g/mol. The summed E-state index contributed by atoms with van der Waals surface area (Å²) >= 11 is 1.33. The number of aromatic amines is 1. The molecule has 28 heavy (non-hydrogen) atoms. The van der Waals surface area contributed by atoms with E-state index in [1.165, 1.54) is 23.5 Å². The maximum absolute atomic E-state index is 13.4. The molecule has 2 atom stereocenters. The maximum Gasteiger partial charge on any atom is 0.223 e. The molecular weight excluding hydrogens is 395 g/mol. The summed E-state index contributed by atoms with van der Waals surface area (Å²) in [6.45, 7) is 8.03. The number of carbonyl (C=O) groups is 1. The Bertz CT molecular complexity index is 1020. The number of hydrogen-bond donors (Lipinski definition) is 1. The molecular formula is C21H25FN2O2S2. The Kier molecular flexibility index (Phi) is 6.15. The van der Waals surface area contributed by atoms with Crippen molar-refractivity contribution < 1.29 is 13.4 Å². The van der Waals surface area contributed by atoms with Crippen molar-refractivity contribution in [1.29, 1.82) is 0 Å². The fourth-order valence-electron chi connectivity index (χ4n) is 3.10. The van der Waals surface area contributed by atoms with Crippen LogP contribution in [0.5, 0.6) is 0 Å². The number of nitrogens with one attached hydrogen (secondary N) is 1. The van der Waals surface area contributed by atoms with Gasteiger partial charge in [0.1, 0.15) is 5.82 Å². The van der Waals surface area contributed by atoms with Gasteiger partial charge in [0.05, 0.1) is 11.3 Å². The van der Waals surface area contributed by atoms with Crippen LogP contribution < -0.4 is 0 Å². The van der Waals surface area contributed by atoms with Gasteiger partial charge in [-0.05, 0) is 51.8 Å². The highest BCUT2D eigenvalue weighted by atomic mass is 32.2. The van der Waals surface area contributed by atoms with Crippen molar-refractivity contribution in [3.05, 3.63) is 51.9 Å². The predicted molar refractivity (Wildman–Crippen MR) is 114 cm³/mol. The number of benzene rings is 1. The van der Waals surface area contributed by atoms with Gasteiger partial charge in [0.15, 0.2) is 5.01 Å². The van der Waals surface area contributed by atoms with Crippen LogP contribution in [0.4, 0.5) is 4.39 Å². The Balaban J connectivity index is 1.78. The molecule has 3 rings (SSSR count). The van der Waals surface area contributed by atoms with Crippen LogP contribution in [-0.4, -0.2) is 30.5 Å². The van der Waals surface area contributed by atoms with Crippen molar-refractivity contribution in [1.82, 2.24) is 9.97 Å². The van der Waals surface area contributed by atoms with Gasteiger partial charge in [-0.2, -0.15) is 0 Å². The fourth-order valence-corrected chi connectivity index (χ4v) is 5.06. The number of H-pyrrole nitrogens is 1. The van der Waals surface area contributed by atoms with E-state index in [-0.39, 0.29) is 22.3 Å². The lowest BCUT2D eigenvalue weighted by molar-refractivity contribution is 0.103. The second-order valence-corrected chi connectivity index (χ2v) is 11.0. The number of ketones is 1. The van der Waals surface area contributed by atoms with Crippen molar-refractivity contribution in [3.8, 4) is 0 Å². The van der Waals surface area contributed by atoms with Crippen molar-refractivity contribution in [2.45, 2.75) is 51.2 Å². The highest BCUT2D eigenvalue weighted by molar-refractivity contribution is 7.86. The normalized spacial score (nSPS) is 14.3. The molecule has 1 N–H and O–H groups in total. The molecule has 7 heteroatoms. The van der Waals surface area contributed by atoms with Crippen LogP contribution in [0.3, 0.4) is 0 Å². The lowest BCUT2D eigenvalue weighted by Crippen LogP contribution is -2.24. The Morgan fingerprint density at radius 1 is 1.36 bits per heavy atom. The molecule has 2 heterocycles. The Labute approximate surface area is 171 Å². The van der Waals surface area contributed by atoms with Crippen molar-refractivity contribution >= 4 is 38.8 Å². The number of hydrogen-bond acceptors (Lipinski definition) is 4. The molecule has 0 saturated carbocycles. The lowest BCUT2D eigenvalue weighted by atomic mass is 10.0. The molecule has 4 nitrogen and oxygen atoms in total. The number of aromatic nitrogens is 2. The van der Waals surface area contributed by atoms with Crippen molar-refractivity contribution in [2.24, 2.45) is 0 Å². The molecule has 0 fully saturated rings. The first-order valence-electron chi connectivity index (χ1n) is 9.36. The molecule has 150 valence electrons. The summed E-state index contributed by atoms with van der Waals surface area (Å²) in [4.78, 5) is 20.4. The van der Waals surface area contributed by atoms with E-state index in [4.69, 9.17) is 0 Å². The standard InChI is InChI=1S/C21H25FN2O2S2/c1-5-13(8-9-28(26)21(2,3)4)18-12-27-20(24-18)19(25)16-11-23-17-10-14(22)6-7-15(16)17/h6-7,10-13,23H,5,8-9H2,1-4H3/t13-,28-/m1/s1. The molecule has 3 aromatic rings. The van der Waals surface area contributed by atoms with Crippen LogP contribution in [0.25, 0.3) is 10.9 Å². The van der Waals surface area contributed by atoms with E-state index in [0.29, 0.717) is 27.2 Å². The zero-order chi connectivity index (χ0) is 20.5. The zero-order valence-electron chi connectivity index (χ0n) is 16.5. The Morgan fingerprint density at radius 3 is 2.79 bits per heavy atom. The van der Waals surface area contributed by atoms with Gasteiger partial charge in [-0.15, -0.1) is 11.3 Å². The van der Waals surface area contributed by atoms with E-state index in [9.17, 15) is 13.4 Å². The highest BCUT2D eigenvalue weighted by Gasteiger charge is 2.23. The maximum atomic E-state index is 13.4. The topological polar surface area (TPSA) is 62.8 Å². The third kappa shape index (κ3) is 4.41. The summed E-state index contributed by atoms with van der Waals surface area (Å²) < 4.78 is 25.5. The minimum absolute atomic E-state index is 0.165. The van der Waals surface area contributed by atoms with E-state index in [1.807, 2.05) is 26.2 Å². The largest absolute Gasteiger partial charge is 0.360 e. The smallest absolute Gasteiger partial charge is 0.223 e. The van der Waals surface area contributed by atoms with Gasteiger partial charge in [0.2, 0.25) is 5.78 Å². The lowest BCUT2D eigenvalue weighted by Gasteiger charge is -2.19. The van der Waals surface area contributed by atoms with Gasteiger partial charge in [0, 0.05) is 49.7 Å². The SMILES string of the molecule is CC[C@H](CC[S@@](=O)C(C)(C)C)c1csc(C(=O)c2c[nH]c3cc(F)ccc23)n1. The van der Waals surface area contributed by atoms with E-state index in [0.717, 1.165) is 18.5 Å². The second-order valence-electron chi connectivity index (χ2n) is 7.85. The van der Waals surface area contributed by atoms with Crippen LogP contribution in [0, 0.1) is 5.82 Å². The summed E-state index contributed by atoms with van der Waals surface area (Å²) in [6, 6.07) is 4.34. The third-order valence-corrected chi connectivity index (χ3v) is 7.68. The molecule has 1 aromatic carbocycles. The van der Waals surface area contributed by atoms with Crippen LogP contribution in [0.1, 0.15) is 67.5 Å². The van der Waals surface area contributed by atoms with Gasteiger partial charge < -0.3 is 4.98 Å². The molecule has 2 aromatic heterocycles. The molecule has 0 aliphatic rings. The molecule has 0 aliphatic carbocycles. The van der Waals surface area contributed by atoms with Crippen LogP contribution >= 0.6 is 11.3 Å². The van der Waals surface area contributed by atoms with E-state index in [1.54, 1.807) is 12.3 Å². The molecule has 0 bridgehead atoms. The number of fused-ring (bicyclic) bond motifs is 1. The average Bonchev–Trinajstić information content (AvgIpc) is 3.27. The monoisotopic (exact) mass is 420 g/mol. The zero-order valence-corrected chi connectivity index (χ0v) is 18.2. The Morgan fingerprint density at radius 2 is 2.11 bits per heavy atom. The van der Waals surface area contributed by atoms with Crippen molar-refractivity contribution in [3.63, 3.8) is 0 Å².